The van der Waals surface area contributed by atoms with Crippen LogP contribution in [0.15, 0.2) is 234 Å². The third kappa shape index (κ3) is 6.71. The van der Waals surface area contributed by atoms with Crippen LogP contribution in [0.4, 0.5) is 11.4 Å². The van der Waals surface area contributed by atoms with Crippen LogP contribution in [-0.4, -0.2) is 0 Å². The van der Waals surface area contributed by atoms with Crippen molar-refractivity contribution >= 4 is 38.9 Å². The molecule has 2 heteroatoms. The molecule has 0 spiro atoms. The molecule has 0 N–H and O–H groups in total. The SMILES string of the molecule is CC1(C)C2=C(C=CCC2)c2cccc(C3C=CC(N(c4ccc(-c5ccccc5)cc4)c4ccc(-c5cccc(-c6cccc7c6oc6c(-c8ccccc8)cccc67)c5)cc4)=CC3)c21. The van der Waals surface area contributed by atoms with Crippen LogP contribution in [-0.2, 0) is 5.41 Å². The Hall–Kier alpha value is -7.68. The first-order valence-corrected chi connectivity index (χ1v) is 23.1. The summed E-state index contributed by atoms with van der Waals surface area (Å²) in [6.45, 7) is 4.88. The zero-order valence-electron chi connectivity index (χ0n) is 36.8. The van der Waals surface area contributed by atoms with Crippen molar-refractivity contribution in [2.75, 3.05) is 4.90 Å². The van der Waals surface area contributed by atoms with Crippen molar-refractivity contribution in [1.82, 2.24) is 0 Å². The molecule has 2 nitrogen and oxygen atoms in total. The third-order valence-corrected chi connectivity index (χ3v) is 14.1. The van der Waals surface area contributed by atoms with Gasteiger partial charge in [-0.3, -0.25) is 0 Å². The standard InChI is InChI=1S/C63H49NO/c1-63(2)59-28-10-9-21-55(59)56-25-12-22-52(60(56)63)46-33-39-51(40-34-46)64(49-35-29-43(30-36-49)42-15-5-3-6-16-42)50-37-31-44(32-38-50)47-19-11-20-48(41-47)54-24-14-27-58-57-26-13-23-53(61(57)65-62(54)58)45-17-7-4-8-18-45/h3-9,11-27,29-33,35-41,46H,10,28,34H2,1-2H3. The fraction of sp³-hybridized carbons (Fsp3) is 0.111. The molecule has 1 unspecified atom stereocenters. The Kier molecular flexibility index (Phi) is 9.49. The highest BCUT2D eigenvalue weighted by Gasteiger charge is 2.40. The minimum atomic E-state index is 0.0327. The molecule has 1 heterocycles. The predicted molar refractivity (Wildman–Crippen MR) is 273 cm³/mol. The van der Waals surface area contributed by atoms with Gasteiger partial charge in [-0.1, -0.05) is 201 Å². The maximum Gasteiger partial charge on any atom is 0.143 e. The van der Waals surface area contributed by atoms with E-state index in [9.17, 15) is 0 Å². The van der Waals surface area contributed by atoms with Crippen LogP contribution in [0.25, 0.3) is 72.0 Å². The van der Waals surface area contributed by atoms with Gasteiger partial charge in [-0.2, -0.15) is 0 Å². The second kappa shape index (κ2) is 15.8. The summed E-state index contributed by atoms with van der Waals surface area (Å²) in [7, 11) is 0. The lowest BCUT2D eigenvalue weighted by Gasteiger charge is -2.32. The zero-order valence-corrected chi connectivity index (χ0v) is 36.8. The first kappa shape index (κ1) is 39.0. The first-order chi connectivity index (χ1) is 32.0. The summed E-state index contributed by atoms with van der Waals surface area (Å²) in [4.78, 5) is 2.41. The van der Waals surface area contributed by atoms with E-state index in [1.165, 1.54) is 39.1 Å². The minimum absolute atomic E-state index is 0.0327. The van der Waals surface area contributed by atoms with E-state index in [-0.39, 0.29) is 5.41 Å². The Morgan fingerprint density at radius 1 is 0.508 bits per heavy atom. The Morgan fingerprint density at radius 3 is 1.72 bits per heavy atom. The monoisotopic (exact) mass is 835 g/mol. The number of nitrogens with zero attached hydrogens (tertiary/aromatic N) is 1. The summed E-state index contributed by atoms with van der Waals surface area (Å²) in [6, 6.07) is 68.1. The summed E-state index contributed by atoms with van der Waals surface area (Å²) in [5.41, 5.74) is 22.0. The molecule has 0 aliphatic heterocycles. The largest absolute Gasteiger partial charge is 0.455 e. The van der Waals surface area contributed by atoms with Crippen LogP contribution >= 0.6 is 0 Å². The van der Waals surface area contributed by atoms with E-state index in [0.717, 1.165) is 86.0 Å². The Labute approximate surface area is 381 Å². The number of anilines is 2. The van der Waals surface area contributed by atoms with Gasteiger partial charge in [0.25, 0.3) is 0 Å². The molecule has 8 aromatic carbocycles. The van der Waals surface area contributed by atoms with Crippen LogP contribution in [0.1, 0.15) is 55.7 Å². The van der Waals surface area contributed by atoms with Crippen LogP contribution in [0.2, 0.25) is 0 Å². The molecule has 0 fully saturated rings. The van der Waals surface area contributed by atoms with E-state index in [0.29, 0.717) is 5.92 Å². The van der Waals surface area contributed by atoms with Crippen LogP contribution < -0.4 is 4.90 Å². The van der Waals surface area contributed by atoms with Gasteiger partial charge in [-0.05, 0) is 111 Å². The summed E-state index contributed by atoms with van der Waals surface area (Å²) in [5.74, 6) is 0.312. The fourth-order valence-corrected chi connectivity index (χ4v) is 11.0. The Morgan fingerprint density at radius 2 is 1.06 bits per heavy atom. The maximum absolute atomic E-state index is 6.80. The number of hydrogen-bond acceptors (Lipinski definition) is 2. The normalized spacial score (nSPS) is 16.2. The van der Waals surface area contributed by atoms with Gasteiger partial charge in [0.05, 0.1) is 0 Å². The molecule has 3 aliphatic rings. The fourth-order valence-electron chi connectivity index (χ4n) is 11.0. The van der Waals surface area contributed by atoms with Gasteiger partial charge in [0.1, 0.15) is 11.2 Å². The Bertz CT molecular complexity index is 3400. The van der Waals surface area contributed by atoms with Crippen LogP contribution in [0, 0.1) is 0 Å². The van der Waals surface area contributed by atoms with Crippen molar-refractivity contribution in [2.24, 2.45) is 0 Å². The van der Waals surface area contributed by atoms with Gasteiger partial charge >= 0.3 is 0 Å². The Balaban J connectivity index is 0.878. The third-order valence-electron chi connectivity index (χ3n) is 14.1. The van der Waals surface area contributed by atoms with Gasteiger partial charge in [-0.15, -0.1) is 0 Å². The lowest BCUT2D eigenvalue weighted by atomic mass is 9.74. The molecule has 1 aromatic heterocycles. The van der Waals surface area contributed by atoms with Crippen molar-refractivity contribution in [3.8, 4) is 44.5 Å². The van der Waals surface area contributed by atoms with E-state index in [1.54, 1.807) is 5.57 Å². The predicted octanol–water partition coefficient (Wildman–Crippen LogP) is 17.4. The first-order valence-electron chi connectivity index (χ1n) is 23.1. The smallest absolute Gasteiger partial charge is 0.143 e. The molecule has 0 radical (unpaired) electrons. The minimum Gasteiger partial charge on any atom is -0.455 e. The molecule has 65 heavy (non-hydrogen) atoms. The van der Waals surface area contributed by atoms with Crippen LogP contribution in [0.3, 0.4) is 0 Å². The number of rotatable bonds is 8. The highest BCUT2D eigenvalue weighted by molar-refractivity contribution is 6.13. The van der Waals surface area contributed by atoms with Crippen molar-refractivity contribution in [2.45, 2.75) is 44.4 Å². The van der Waals surface area contributed by atoms with Gasteiger partial charge in [0.15, 0.2) is 0 Å². The van der Waals surface area contributed by atoms with Gasteiger partial charge in [-0.25, -0.2) is 0 Å². The number of allylic oxidation sites excluding steroid dienone is 7. The van der Waals surface area contributed by atoms with Crippen molar-refractivity contribution in [3.63, 3.8) is 0 Å². The summed E-state index contributed by atoms with van der Waals surface area (Å²) in [6.07, 6.45) is 15.2. The average molecular weight is 836 g/mol. The van der Waals surface area contributed by atoms with E-state index in [4.69, 9.17) is 4.42 Å². The molecular formula is C63H49NO. The number of hydrogen-bond donors (Lipinski definition) is 0. The van der Waals surface area contributed by atoms with Gasteiger partial charge in [0, 0.05) is 50.3 Å². The maximum atomic E-state index is 6.80. The van der Waals surface area contributed by atoms with E-state index < -0.39 is 0 Å². The molecule has 312 valence electrons. The number of benzene rings is 8. The quantitative estimate of drug-likeness (QED) is 0.152. The molecular weight excluding hydrogens is 787 g/mol. The average Bonchev–Trinajstić information content (AvgIpc) is 3.87. The van der Waals surface area contributed by atoms with Crippen molar-refractivity contribution in [1.29, 1.82) is 0 Å². The molecule has 12 rings (SSSR count). The molecule has 0 saturated heterocycles. The lowest BCUT2D eigenvalue weighted by Crippen LogP contribution is -2.21. The summed E-state index contributed by atoms with van der Waals surface area (Å²) >= 11 is 0. The zero-order chi connectivity index (χ0) is 43.5. The van der Waals surface area contributed by atoms with E-state index in [2.05, 4.69) is 237 Å². The molecule has 3 aliphatic carbocycles. The van der Waals surface area contributed by atoms with E-state index >= 15 is 0 Å². The van der Waals surface area contributed by atoms with Gasteiger partial charge < -0.3 is 9.32 Å². The molecule has 0 saturated carbocycles. The molecule has 1 atom stereocenters. The second-order valence-electron chi connectivity index (χ2n) is 18.3. The number of furan rings is 1. The lowest BCUT2D eigenvalue weighted by molar-refractivity contribution is 0.595. The number of fused-ring (bicyclic) bond motifs is 5. The highest BCUT2D eigenvalue weighted by Crippen LogP contribution is 2.53. The van der Waals surface area contributed by atoms with Crippen molar-refractivity contribution in [3.05, 3.63) is 246 Å². The van der Waals surface area contributed by atoms with Crippen molar-refractivity contribution < 1.29 is 4.42 Å². The second-order valence-corrected chi connectivity index (χ2v) is 18.3. The van der Waals surface area contributed by atoms with Gasteiger partial charge in [0.2, 0.25) is 0 Å². The molecule has 9 aromatic rings. The summed E-state index contributed by atoms with van der Waals surface area (Å²) < 4.78 is 6.80. The summed E-state index contributed by atoms with van der Waals surface area (Å²) in [5, 5.41) is 2.26. The van der Waals surface area contributed by atoms with Crippen LogP contribution in [0.5, 0.6) is 0 Å². The molecule has 0 amide bonds. The molecule has 0 bridgehead atoms. The topological polar surface area (TPSA) is 16.4 Å². The number of para-hydroxylation sites is 2. The highest BCUT2D eigenvalue weighted by atomic mass is 16.3. The van der Waals surface area contributed by atoms with E-state index in [1.807, 2.05) is 0 Å².